The Hall–Kier alpha value is -1.79. The van der Waals surface area contributed by atoms with Crippen LogP contribution in [0.4, 0.5) is 10.5 Å². The van der Waals surface area contributed by atoms with E-state index in [1.165, 1.54) is 6.42 Å². The maximum Gasteiger partial charge on any atom is 0.319 e. The second kappa shape index (κ2) is 9.37. The van der Waals surface area contributed by atoms with Gasteiger partial charge in [0.1, 0.15) is 5.75 Å². The van der Waals surface area contributed by atoms with E-state index in [1.54, 1.807) is 13.2 Å². The minimum Gasteiger partial charge on any atom is -0.495 e. The molecule has 0 radical (unpaired) electrons. The van der Waals surface area contributed by atoms with Crippen LogP contribution in [0.2, 0.25) is 0 Å². The van der Waals surface area contributed by atoms with Crippen LogP contribution in [-0.2, 0) is 0 Å². The highest BCUT2D eigenvalue weighted by atomic mass is 16.5. The summed E-state index contributed by atoms with van der Waals surface area (Å²) in [6, 6.07) is 7.44. The van der Waals surface area contributed by atoms with Gasteiger partial charge in [0.2, 0.25) is 0 Å². The largest absolute Gasteiger partial charge is 0.495 e. The Balaban J connectivity index is 1.61. The van der Waals surface area contributed by atoms with E-state index < -0.39 is 0 Å². The summed E-state index contributed by atoms with van der Waals surface area (Å²) in [5, 5.41) is 14.9. The van der Waals surface area contributed by atoms with Crippen LogP contribution in [0.5, 0.6) is 5.75 Å². The van der Waals surface area contributed by atoms with Gasteiger partial charge in [0.05, 0.1) is 19.4 Å². The van der Waals surface area contributed by atoms with Crippen LogP contribution in [0.1, 0.15) is 25.7 Å². The zero-order valence-corrected chi connectivity index (χ0v) is 13.8. The third-order valence-electron chi connectivity index (χ3n) is 4.22. The van der Waals surface area contributed by atoms with E-state index in [0.717, 1.165) is 32.4 Å². The van der Waals surface area contributed by atoms with Gasteiger partial charge in [-0.15, -0.1) is 0 Å². The number of benzene rings is 1. The summed E-state index contributed by atoms with van der Waals surface area (Å²) in [6.45, 7) is 2.95. The number of aliphatic hydroxyl groups excluding tert-OH is 1. The molecule has 1 aromatic carbocycles. The van der Waals surface area contributed by atoms with Crippen molar-refractivity contribution < 1.29 is 14.6 Å². The van der Waals surface area contributed by atoms with E-state index >= 15 is 0 Å². The molecule has 0 bridgehead atoms. The number of unbranched alkanes of at least 4 members (excludes halogenated alkanes) is 1. The van der Waals surface area contributed by atoms with Gasteiger partial charge in [-0.25, -0.2) is 4.79 Å². The molecular weight excluding hydrogens is 294 g/mol. The van der Waals surface area contributed by atoms with Crippen LogP contribution in [0, 0.1) is 0 Å². The number of hydrogen-bond acceptors (Lipinski definition) is 4. The number of nitrogens with zero attached hydrogens (tertiary/aromatic N) is 1. The summed E-state index contributed by atoms with van der Waals surface area (Å²) >= 11 is 0. The van der Waals surface area contributed by atoms with E-state index in [2.05, 4.69) is 15.5 Å². The zero-order chi connectivity index (χ0) is 16.5. The second-order valence-corrected chi connectivity index (χ2v) is 5.80. The Morgan fingerprint density at radius 2 is 2.22 bits per heavy atom. The molecule has 1 atom stereocenters. The number of likely N-dealkylation sites (tertiary alicyclic amines) is 1. The van der Waals surface area contributed by atoms with Gasteiger partial charge in [-0.3, -0.25) is 4.90 Å². The number of anilines is 1. The Bertz CT molecular complexity index is 496. The molecule has 23 heavy (non-hydrogen) atoms. The Morgan fingerprint density at radius 1 is 1.39 bits per heavy atom. The fourth-order valence-electron chi connectivity index (χ4n) is 2.95. The molecule has 1 fully saturated rings. The van der Waals surface area contributed by atoms with Gasteiger partial charge in [0.25, 0.3) is 0 Å². The number of ether oxygens (including phenoxy) is 1. The average Bonchev–Trinajstić information content (AvgIpc) is 3.02. The molecule has 0 spiro atoms. The molecule has 0 saturated carbocycles. The fourth-order valence-corrected chi connectivity index (χ4v) is 2.95. The van der Waals surface area contributed by atoms with Gasteiger partial charge in [-0.1, -0.05) is 12.1 Å². The molecule has 6 nitrogen and oxygen atoms in total. The maximum atomic E-state index is 11.9. The number of nitrogens with one attached hydrogen (secondary N) is 2. The Labute approximate surface area is 137 Å². The molecule has 2 amide bonds. The Kier molecular flexibility index (Phi) is 7.16. The molecule has 0 aromatic heterocycles. The molecular formula is C17H27N3O3. The van der Waals surface area contributed by atoms with Crippen molar-refractivity contribution in [3.05, 3.63) is 24.3 Å². The molecule has 2 rings (SSSR count). The van der Waals surface area contributed by atoms with Crippen molar-refractivity contribution in [2.45, 2.75) is 31.7 Å². The second-order valence-electron chi connectivity index (χ2n) is 5.80. The summed E-state index contributed by atoms with van der Waals surface area (Å²) in [7, 11) is 1.58. The van der Waals surface area contributed by atoms with Gasteiger partial charge in [-0.05, 0) is 50.9 Å². The predicted molar refractivity (Wildman–Crippen MR) is 90.9 cm³/mol. The lowest BCUT2D eigenvalue weighted by molar-refractivity contribution is 0.157. The summed E-state index contributed by atoms with van der Waals surface area (Å²) in [6.07, 6.45) is 4.21. The normalized spacial score (nSPS) is 17.9. The summed E-state index contributed by atoms with van der Waals surface area (Å²) in [5.41, 5.74) is 0.662. The first kappa shape index (κ1) is 17.6. The van der Waals surface area contributed by atoms with E-state index in [9.17, 15) is 9.90 Å². The number of rotatable bonds is 8. The standard InChI is InChI=1S/C17H27N3O3/c1-23-16-9-3-2-8-15(16)19-17(22)18-10-4-5-11-20-12-6-7-14(20)13-21/h2-3,8-9,14,21H,4-7,10-13H2,1H3,(H2,18,19,22). The summed E-state index contributed by atoms with van der Waals surface area (Å²) in [5.74, 6) is 0.645. The first-order valence-electron chi connectivity index (χ1n) is 8.27. The molecule has 1 heterocycles. The monoisotopic (exact) mass is 321 g/mol. The molecule has 128 valence electrons. The van der Waals surface area contributed by atoms with E-state index in [-0.39, 0.29) is 12.6 Å². The van der Waals surface area contributed by atoms with Crippen molar-refractivity contribution in [3.8, 4) is 5.75 Å². The predicted octanol–water partition coefficient (Wildman–Crippen LogP) is 2.05. The number of amides is 2. The lowest BCUT2D eigenvalue weighted by Gasteiger charge is -2.22. The highest BCUT2D eigenvalue weighted by Crippen LogP contribution is 2.22. The first-order chi connectivity index (χ1) is 11.2. The van der Waals surface area contributed by atoms with Crippen LogP contribution < -0.4 is 15.4 Å². The third-order valence-corrected chi connectivity index (χ3v) is 4.22. The van der Waals surface area contributed by atoms with Crippen LogP contribution in [0.3, 0.4) is 0 Å². The molecule has 1 aromatic rings. The highest BCUT2D eigenvalue weighted by Gasteiger charge is 2.22. The summed E-state index contributed by atoms with van der Waals surface area (Å²) < 4.78 is 5.20. The topological polar surface area (TPSA) is 73.8 Å². The van der Waals surface area contributed by atoms with Crippen molar-refractivity contribution in [1.29, 1.82) is 0 Å². The maximum absolute atomic E-state index is 11.9. The SMILES string of the molecule is COc1ccccc1NC(=O)NCCCCN1CCCC1CO. The number of methoxy groups -OCH3 is 1. The number of carbonyl (C=O) groups is 1. The van der Waals surface area contributed by atoms with Crippen molar-refractivity contribution in [2.75, 3.05) is 38.7 Å². The molecule has 3 N–H and O–H groups in total. The van der Waals surface area contributed by atoms with Gasteiger partial charge in [-0.2, -0.15) is 0 Å². The summed E-state index contributed by atoms with van der Waals surface area (Å²) in [4.78, 5) is 14.2. The van der Waals surface area contributed by atoms with Crippen molar-refractivity contribution in [2.24, 2.45) is 0 Å². The average molecular weight is 321 g/mol. The quantitative estimate of drug-likeness (QED) is 0.641. The molecule has 1 aliphatic rings. The number of aliphatic hydroxyl groups is 1. The molecule has 1 saturated heterocycles. The van der Waals surface area contributed by atoms with Crippen LogP contribution >= 0.6 is 0 Å². The fraction of sp³-hybridized carbons (Fsp3) is 0.588. The smallest absolute Gasteiger partial charge is 0.319 e. The highest BCUT2D eigenvalue weighted by molar-refractivity contribution is 5.90. The van der Waals surface area contributed by atoms with E-state index in [0.29, 0.717) is 24.0 Å². The van der Waals surface area contributed by atoms with Crippen molar-refractivity contribution in [1.82, 2.24) is 10.2 Å². The van der Waals surface area contributed by atoms with Gasteiger partial charge < -0.3 is 20.5 Å². The van der Waals surface area contributed by atoms with Crippen LogP contribution in [0.15, 0.2) is 24.3 Å². The molecule has 1 unspecified atom stereocenters. The zero-order valence-electron chi connectivity index (χ0n) is 13.8. The first-order valence-corrected chi connectivity index (χ1v) is 8.27. The molecule has 0 aliphatic carbocycles. The van der Waals surface area contributed by atoms with E-state index in [4.69, 9.17) is 4.74 Å². The number of carbonyl (C=O) groups excluding carboxylic acids is 1. The lowest BCUT2D eigenvalue weighted by Crippen LogP contribution is -2.34. The van der Waals surface area contributed by atoms with Crippen molar-refractivity contribution >= 4 is 11.7 Å². The number of para-hydroxylation sites is 2. The van der Waals surface area contributed by atoms with Crippen molar-refractivity contribution in [3.63, 3.8) is 0 Å². The minimum absolute atomic E-state index is 0.219. The number of hydrogen-bond donors (Lipinski definition) is 3. The van der Waals surface area contributed by atoms with E-state index in [1.807, 2.05) is 18.2 Å². The van der Waals surface area contributed by atoms with Crippen LogP contribution in [0.25, 0.3) is 0 Å². The van der Waals surface area contributed by atoms with Gasteiger partial charge in [0, 0.05) is 12.6 Å². The minimum atomic E-state index is -0.219. The van der Waals surface area contributed by atoms with Gasteiger partial charge >= 0.3 is 6.03 Å². The van der Waals surface area contributed by atoms with Crippen LogP contribution in [-0.4, -0.2) is 55.4 Å². The van der Waals surface area contributed by atoms with Gasteiger partial charge in [0.15, 0.2) is 0 Å². The molecule has 6 heteroatoms. The Morgan fingerprint density at radius 3 is 3.00 bits per heavy atom. The molecule has 1 aliphatic heterocycles. The lowest BCUT2D eigenvalue weighted by atomic mass is 10.2. The number of urea groups is 1. The third kappa shape index (κ3) is 5.41.